The average Bonchev–Trinajstić information content (AvgIpc) is 3.60. The molecule has 3 aliphatic heterocycles. The fourth-order valence-corrected chi connectivity index (χ4v) is 7.34. The van der Waals surface area contributed by atoms with E-state index in [1.807, 2.05) is 24.3 Å². The van der Waals surface area contributed by atoms with Gasteiger partial charge in [0.2, 0.25) is 5.91 Å². The molecule has 0 unspecified atom stereocenters. The molecule has 1 amide bonds. The molecule has 3 saturated heterocycles. The van der Waals surface area contributed by atoms with E-state index in [0.717, 1.165) is 69.8 Å². The predicted molar refractivity (Wildman–Crippen MR) is 193 cm³/mol. The number of anilines is 5. The lowest BCUT2D eigenvalue weighted by Crippen LogP contribution is -2.54. The number of nitrogens with one attached hydrogen (secondary N) is 2. The maximum absolute atomic E-state index is 12.6. The van der Waals surface area contributed by atoms with Gasteiger partial charge in [0.15, 0.2) is 5.82 Å². The summed E-state index contributed by atoms with van der Waals surface area (Å²) in [5.74, 6) is 1.42. The van der Waals surface area contributed by atoms with E-state index in [1.54, 1.807) is 24.3 Å². The number of piperidine rings is 1. The van der Waals surface area contributed by atoms with Gasteiger partial charge in [-0.05, 0) is 50.5 Å². The van der Waals surface area contributed by atoms with Crippen molar-refractivity contribution in [3.05, 3.63) is 71.0 Å². The summed E-state index contributed by atoms with van der Waals surface area (Å²) in [6, 6.07) is 12.2. The first-order valence-electron chi connectivity index (χ1n) is 16.6. The fourth-order valence-electron chi connectivity index (χ4n) is 6.90. The van der Waals surface area contributed by atoms with Crippen molar-refractivity contribution in [2.45, 2.75) is 51.2 Å². The fraction of sp³-hybridized carbons (Fsp3) is 0.457. The van der Waals surface area contributed by atoms with Crippen LogP contribution in [0.3, 0.4) is 0 Å². The van der Waals surface area contributed by atoms with Crippen LogP contribution in [0, 0.1) is 0 Å². The van der Waals surface area contributed by atoms with Crippen molar-refractivity contribution in [2.75, 3.05) is 73.6 Å². The molecule has 2 N–H and O–H groups in total. The van der Waals surface area contributed by atoms with E-state index in [0.29, 0.717) is 57.5 Å². The highest BCUT2D eigenvalue weighted by Gasteiger charge is 2.32. The molecule has 3 fully saturated rings. The summed E-state index contributed by atoms with van der Waals surface area (Å²) in [7, 11) is 1.64. The molecule has 13 heteroatoms. The number of hydrogen-bond donors (Lipinski definition) is 2. The van der Waals surface area contributed by atoms with Gasteiger partial charge in [-0.25, -0.2) is 15.0 Å². The van der Waals surface area contributed by atoms with Crippen LogP contribution in [-0.2, 0) is 9.63 Å². The molecule has 4 heterocycles. The zero-order valence-corrected chi connectivity index (χ0v) is 29.3. The summed E-state index contributed by atoms with van der Waals surface area (Å²) in [6.45, 7) is 14.9. The third kappa shape index (κ3) is 7.50. The molecular formula is C35H44Cl2N8O3. The Kier molecular flexibility index (Phi) is 10.9. The van der Waals surface area contributed by atoms with Crippen LogP contribution >= 0.6 is 23.2 Å². The van der Waals surface area contributed by atoms with Crippen LogP contribution in [0.15, 0.2) is 55.4 Å². The van der Waals surface area contributed by atoms with E-state index in [4.69, 9.17) is 32.8 Å². The van der Waals surface area contributed by atoms with Crippen LogP contribution in [0.5, 0.6) is 5.75 Å². The number of rotatable bonds is 10. The minimum Gasteiger partial charge on any atom is -0.494 e. The van der Waals surface area contributed by atoms with Gasteiger partial charge in [0.25, 0.3) is 0 Å². The van der Waals surface area contributed by atoms with Gasteiger partial charge < -0.3 is 20.3 Å². The normalized spacial score (nSPS) is 19.5. The number of carbonyl (C=O) groups excluding carboxylic acids is 1. The largest absolute Gasteiger partial charge is 0.494 e. The second-order valence-corrected chi connectivity index (χ2v) is 13.4. The Hall–Kier alpha value is -3.61. The summed E-state index contributed by atoms with van der Waals surface area (Å²) in [4.78, 5) is 35.1. The first-order valence-corrected chi connectivity index (χ1v) is 17.3. The Morgan fingerprint density at radius 1 is 1.04 bits per heavy atom. The Bertz CT molecular complexity index is 1610. The first-order chi connectivity index (χ1) is 23.2. The summed E-state index contributed by atoms with van der Waals surface area (Å²) >= 11 is 12.9. The minimum atomic E-state index is -0.286. The van der Waals surface area contributed by atoms with E-state index >= 15 is 0 Å². The van der Waals surface area contributed by atoms with Crippen LogP contribution in [-0.4, -0.2) is 90.7 Å². The molecule has 48 heavy (non-hydrogen) atoms. The van der Waals surface area contributed by atoms with Gasteiger partial charge in [0, 0.05) is 69.9 Å². The summed E-state index contributed by atoms with van der Waals surface area (Å²) in [5.41, 5.74) is 3.08. The van der Waals surface area contributed by atoms with Crippen molar-refractivity contribution in [1.82, 2.24) is 19.8 Å². The average molecular weight is 696 g/mol. The van der Waals surface area contributed by atoms with Crippen molar-refractivity contribution >= 4 is 57.8 Å². The van der Waals surface area contributed by atoms with Gasteiger partial charge in [-0.15, -0.1) is 0 Å². The number of amides is 1. The third-order valence-electron chi connectivity index (χ3n) is 9.55. The monoisotopic (exact) mass is 694 g/mol. The lowest BCUT2D eigenvalue weighted by atomic mass is 10.0. The van der Waals surface area contributed by atoms with Gasteiger partial charge in [-0.2, -0.15) is 0 Å². The number of nitrogens with zero attached hydrogens (tertiary/aromatic N) is 6. The number of carbonyl (C=O) groups is 1. The molecule has 0 aliphatic carbocycles. The van der Waals surface area contributed by atoms with Gasteiger partial charge in [-0.3, -0.25) is 19.4 Å². The Labute approximate surface area is 292 Å². The number of hydrogen-bond acceptors (Lipinski definition) is 10. The molecule has 0 bridgehead atoms. The summed E-state index contributed by atoms with van der Waals surface area (Å²) < 4.78 is 5.87. The van der Waals surface area contributed by atoms with E-state index in [1.165, 1.54) is 12.4 Å². The van der Waals surface area contributed by atoms with Crippen LogP contribution < -0.4 is 25.3 Å². The lowest BCUT2D eigenvalue weighted by Gasteiger charge is -2.44. The molecule has 256 valence electrons. The quantitative estimate of drug-likeness (QED) is 0.228. The Balaban J connectivity index is 1.21. The molecule has 3 aromatic rings. The summed E-state index contributed by atoms with van der Waals surface area (Å²) in [6.07, 6.45) is 5.59. The Morgan fingerprint density at radius 2 is 1.81 bits per heavy atom. The number of aromatic nitrogens is 2. The molecular weight excluding hydrogens is 651 g/mol. The van der Waals surface area contributed by atoms with Gasteiger partial charge in [-0.1, -0.05) is 41.9 Å². The molecule has 1 atom stereocenters. The summed E-state index contributed by atoms with van der Waals surface area (Å²) in [5, 5.41) is 9.13. The second-order valence-electron chi connectivity index (χ2n) is 12.6. The van der Waals surface area contributed by atoms with Gasteiger partial charge in [0.05, 0.1) is 46.9 Å². The number of methoxy groups -OCH3 is 1. The molecule has 0 spiro atoms. The smallest absolute Gasteiger partial charge is 0.247 e. The number of benzene rings is 2. The van der Waals surface area contributed by atoms with Crippen molar-refractivity contribution in [1.29, 1.82) is 0 Å². The SMILES string of the molecule is C=CC(=O)Nc1cc(Nc2cc(N3OCC[C@@H]3c3cccc(Cl)c3Cl)ncn2)c(OC)cc1N1CCC(N2CCN(C(C)C)CC2)CC1. The standard InChI is InChI=1S/C35H44Cl2N8O3/c1-5-34(46)41-27-19-28(31(47-4)20-30(27)44-12-9-24(10-13-44)43-16-14-42(15-17-43)23(2)3)40-32-21-33(39-22-38-32)45-29(11-18-48-45)25-7-6-8-26(36)35(25)37/h5-8,19-24,29H,1,9-18H2,2-4H3,(H,41,46)(H,38,39,40)/t29-/m1/s1. The van der Waals surface area contributed by atoms with Crippen molar-refractivity contribution in [3.8, 4) is 5.75 Å². The zero-order chi connectivity index (χ0) is 33.8. The van der Waals surface area contributed by atoms with Gasteiger partial charge in [0.1, 0.15) is 17.9 Å². The minimum absolute atomic E-state index is 0.165. The number of ether oxygens (including phenoxy) is 1. The number of piperazine rings is 1. The molecule has 11 nitrogen and oxygen atoms in total. The molecule has 0 saturated carbocycles. The first kappa shape index (κ1) is 34.3. The maximum atomic E-state index is 12.6. The van der Waals surface area contributed by atoms with Gasteiger partial charge >= 0.3 is 0 Å². The van der Waals surface area contributed by atoms with E-state index in [-0.39, 0.29) is 11.9 Å². The predicted octanol–water partition coefficient (Wildman–Crippen LogP) is 6.54. The highest BCUT2D eigenvalue weighted by molar-refractivity contribution is 6.42. The maximum Gasteiger partial charge on any atom is 0.247 e. The molecule has 0 radical (unpaired) electrons. The van der Waals surface area contributed by atoms with Crippen molar-refractivity contribution < 1.29 is 14.4 Å². The van der Waals surface area contributed by atoms with E-state index in [2.05, 4.69) is 55.7 Å². The van der Waals surface area contributed by atoms with Crippen molar-refractivity contribution in [2.24, 2.45) is 0 Å². The topological polar surface area (TPSA) is 98.3 Å². The van der Waals surface area contributed by atoms with Crippen LogP contribution in [0.2, 0.25) is 10.0 Å². The Morgan fingerprint density at radius 3 is 2.52 bits per heavy atom. The molecule has 3 aliphatic rings. The number of halogens is 2. The molecule has 2 aromatic carbocycles. The highest BCUT2D eigenvalue weighted by Crippen LogP contribution is 2.42. The van der Waals surface area contributed by atoms with Crippen LogP contribution in [0.4, 0.5) is 28.7 Å². The third-order valence-corrected chi connectivity index (χ3v) is 10.4. The van der Waals surface area contributed by atoms with E-state index < -0.39 is 0 Å². The van der Waals surface area contributed by atoms with Crippen LogP contribution in [0.1, 0.15) is 44.7 Å². The van der Waals surface area contributed by atoms with E-state index in [9.17, 15) is 4.79 Å². The number of hydroxylamine groups is 1. The highest BCUT2D eigenvalue weighted by atomic mass is 35.5. The lowest BCUT2D eigenvalue weighted by molar-refractivity contribution is -0.111. The second kappa shape index (κ2) is 15.3. The van der Waals surface area contributed by atoms with Crippen LogP contribution in [0.25, 0.3) is 0 Å². The molecule has 6 rings (SSSR count). The van der Waals surface area contributed by atoms with Crippen molar-refractivity contribution in [3.63, 3.8) is 0 Å². The molecule has 1 aromatic heterocycles. The zero-order valence-electron chi connectivity index (χ0n) is 27.8.